The standard InChI is InChI=1S/C19H26N2O4S/c1-5-21(6-2)14-15-7-9-16(10-8-15)20-26(22,23)17-11-12-18(24-3)19(13-17)25-4/h7-13,20H,5-6,14H2,1-4H3. The molecular formula is C19H26N2O4S. The van der Waals surface area contributed by atoms with Crippen LogP contribution in [0, 0.1) is 0 Å². The molecule has 7 heteroatoms. The molecule has 2 rings (SSSR count). The fourth-order valence-electron chi connectivity index (χ4n) is 2.58. The van der Waals surface area contributed by atoms with Crippen LogP contribution in [0.15, 0.2) is 47.4 Å². The lowest BCUT2D eigenvalue weighted by Crippen LogP contribution is -2.22. The molecule has 0 atom stereocenters. The molecule has 26 heavy (non-hydrogen) atoms. The predicted molar refractivity (Wildman–Crippen MR) is 103 cm³/mol. The first-order valence-corrected chi connectivity index (χ1v) is 9.98. The summed E-state index contributed by atoms with van der Waals surface area (Å²) in [4.78, 5) is 2.41. The Morgan fingerprint density at radius 1 is 0.923 bits per heavy atom. The molecule has 0 aliphatic carbocycles. The molecule has 0 saturated carbocycles. The molecule has 6 nitrogen and oxygen atoms in total. The van der Waals surface area contributed by atoms with Crippen LogP contribution in [-0.4, -0.2) is 40.6 Å². The van der Waals surface area contributed by atoms with Crippen LogP contribution in [0.1, 0.15) is 19.4 Å². The van der Waals surface area contributed by atoms with Gasteiger partial charge in [0.25, 0.3) is 10.0 Å². The van der Waals surface area contributed by atoms with E-state index in [-0.39, 0.29) is 4.90 Å². The third kappa shape index (κ3) is 4.89. The van der Waals surface area contributed by atoms with Gasteiger partial charge in [0.2, 0.25) is 0 Å². The van der Waals surface area contributed by atoms with Crippen LogP contribution >= 0.6 is 0 Å². The van der Waals surface area contributed by atoms with Crippen molar-refractivity contribution in [3.05, 3.63) is 48.0 Å². The number of nitrogens with one attached hydrogen (secondary N) is 1. The van der Waals surface area contributed by atoms with E-state index in [1.54, 1.807) is 18.2 Å². The van der Waals surface area contributed by atoms with Gasteiger partial charge in [-0.1, -0.05) is 26.0 Å². The predicted octanol–water partition coefficient (Wildman–Crippen LogP) is 3.35. The lowest BCUT2D eigenvalue weighted by Gasteiger charge is -2.18. The van der Waals surface area contributed by atoms with Gasteiger partial charge in [-0.25, -0.2) is 8.42 Å². The molecule has 0 saturated heterocycles. The van der Waals surface area contributed by atoms with Gasteiger partial charge in [-0.3, -0.25) is 9.62 Å². The maximum absolute atomic E-state index is 12.6. The lowest BCUT2D eigenvalue weighted by molar-refractivity contribution is 0.296. The summed E-state index contributed by atoms with van der Waals surface area (Å²) in [5.41, 5.74) is 1.66. The quantitative estimate of drug-likeness (QED) is 0.725. The zero-order valence-corrected chi connectivity index (χ0v) is 16.5. The van der Waals surface area contributed by atoms with Crippen LogP contribution < -0.4 is 14.2 Å². The Balaban J connectivity index is 2.16. The number of anilines is 1. The van der Waals surface area contributed by atoms with Gasteiger partial charge in [-0.15, -0.1) is 0 Å². The SMILES string of the molecule is CCN(CC)Cc1ccc(NS(=O)(=O)c2ccc(OC)c(OC)c2)cc1. The number of nitrogens with zero attached hydrogens (tertiary/aromatic N) is 1. The molecule has 0 heterocycles. The smallest absolute Gasteiger partial charge is 0.262 e. The minimum absolute atomic E-state index is 0.113. The summed E-state index contributed by atoms with van der Waals surface area (Å²) in [6.45, 7) is 7.04. The monoisotopic (exact) mass is 378 g/mol. The third-order valence-electron chi connectivity index (χ3n) is 4.17. The average molecular weight is 378 g/mol. The Labute approximate surface area is 155 Å². The molecule has 2 aromatic rings. The van der Waals surface area contributed by atoms with Crippen molar-refractivity contribution >= 4 is 15.7 Å². The average Bonchev–Trinajstić information content (AvgIpc) is 2.66. The molecule has 0 radical (unpaired) electrons. The number of hydrogen-bond acceptors (Lipinski definition) is 5. The van der Waals surface area contributed by atoms with Crippen molar-refractivity contribution in [3.63, 3.8) is 0 Å². The highest BCUT2D eigenvalue weighted by Crippen LogP contribution is 2.30. The lowest BCUT2D eigenvalue weighted by atomic mass is 10.2. The molecule has 0 aliphatic heterocycles. The summed E-state index contributed by atoms with van der Waals surface area (Å²) >= 11 is 0. The van der Waals surface area contributed by atoms with Crippen molar-refractivity contribution < 1.29 is 17.9 Å². The van der Waals surface area contributed by atoms with Gasteiger partial charge in [0, 0.05) is 18.3 Å². The van der Waals surface area contributed by atoms with Crippen LogP contribution in [0.2, 0.25) is 0 Å². The van der Waals surface area contributed by atoms with Crippen LogP contribution in [0.25, 0.3) is 0 Å². The van der Waals surface area contributed by atoms with E-state index in [0.29, 0.717) is 17.2 Å². The second-order valence-electron chi connectivity index (χ2n) is 5.78. The van der Waals surface area contributed by atoms with Crippen molar-refractivity contribution in [3.8, 4) is 11.5 Å². The van der Waals surface area contributed by atoms with Gasteiger partial charge < -0.3 is 9.47 Å². The zero-order chi connectivity index (χ0) is 19.2. The molecule has 0 unspecified atom stereocenters. The van der Waals surface area contributed by atoms with Gasteiger partial charge in [0.1, 0.15) is 0 Å². The van der Waals surface area contributed by atoms with E-state index >= 15 is 0 Å². The Bertz CT molecular complexity index is 816. The van der Waals surface area contributed by atoms with Crippen LogP contribution in [0.5, 0.6) is 11.5 Å². The minimum Gasteiger partial charge on any atom is -0.493 e. The summed E-state index contributed by atoms with van der Waals surface area (Å²) in [7, 11) is -0.740. The number of sulfonamides is 1. The molecular weight excluding hydrogens is 352 g/mol. The molecule has 1 N–H and O–H groups in total. The van der Waals surface area contributed by atoms with Gasteiger partial charge >= 0.3 is 0 Å². The van der Waals surface area contributed by atoms with E-state index in [4.69, 9.17) is 9.47 Å². The van der Waals surface area contributed by atoms with E-state index < -0.39 is 10.0 Å². The summed E-state index contributed by atoms with van der Waals surface area (Å²) in [6.07, 6.45) is 0. The molecule has 2 aromatic carbocycles. The van der Waals surface area contributed by atoms with Crippen LogP contribution in [-0.2, 0) is 16.6 Å². The summed E-state index contributed by atoms with van der Waals surface area (Å²) < 4.78 is 38.1. The summed E-state index contributed by atoms with van der Waals surface area (Å²) in [6, 6.07) is 11.9. The largest absolute Gasteiger partial charge is 0.493 e. The van der Waals surface area contributed by atoms with E-state index in [1.165, 1.54) is 26.4 Å². The van der Waals surface area contributed by atoms with Gasteiger partial charge in [-0.2, -0.15) is 0 Å². The van der Waals surface area contributed by atoms with Gasteiger partial charge in [0.15, 0.2) is 11.5 Å². The number of methoxy groups -OCH3 is 2. The Kier molecular flexibility index (Phi) is 6.88. The molecule has 0 spiro atoms. The molecule has 0 aromatic heterocycles. The number of ether oxygens (including phenoxy) is 2. The van der Waals surface area contributed by atoms with Crippen molar-refractivity contribution in [2.75, 3.05) is 32.0 Å². The van der Waals surface area contributed by atoms with E-state index in [0.717, 1.165) is 25.2 Å². The second kappa shape index (κ2) is 8.91. The van der Waals surface area contributed by atoms with Crippen molar-refractivity contribution in [1.82, 2.24) is 4.90 Å². The minimum atomic E-state index is -3.71. The zero-order valence-electron chi connectivity index (χ0n) is 15.7. The van der Waals surface area contributed by atoms with Crippen LogP contribution in [0.4, 0.5) is 5.69 Å². The first kappa shape index (κ1) is 20.1. The molecule has 0 fully saturated rings. The van der Waals surface area contributed by atoms with E-state index in [2.05, 4.69) is 23.5 Å². The highest BCUT2D eigenvalue weighted by molar-refractivity contribution is 7.92. The number of rotatable bonds is 9. The topological polar surface area (TPSA) is 67.9 Å². The Morgan fingerprint density at radius 3 is 2.08 bits per heavy atom. The summed E-state index contributed by atoms with van der Waals surface area (Å²) in [5.74, 6) is 0.845. The number of benzene rings is 2. The van der Waals surface area contributed by atoms with Gasteiger partial charge in [-0.05, 0) is 42.9 Å². The van der Waals surface area contributed by atoms with Crippen LogP contribution in [0.3, 0.4) is 0 Å². The fraction of sp³-hybridized carbons (Fsp3) is 0.368. The third-order valence-corrected chi connectivity index (χ3v) is 5.55. The molecule has 142 valence electrons. The second-order valence-corrected chi connectivity index (χ2v) is 7.46. The first-order valence-electron chi connectivity index (χ1n) is 8.49. The molecule has 0 aliphatic rings. The molecule has 0 bridgehead atoms. The Hall–Kier alpha value is -2.25. The first-order chi connectivity index (χ1) is 12.4. The highest BCUT2D eigenvalue weighted by atomic mass is 32.2. The van der Waals surface area contributed by atoms with E-state index in [1.807, 2.05) is 12.1 Å². The van der Waals surface area contributed by atoms with E-state index in [9.17, 15) is 8.42 Å². The van der Waals surface area contributed by atoms with Crippen molar-refractivity contribution in [2.45, 2.75) is 25.3 Å². The maximum Gasteiger partial charge on any atom is 0.262 e. The van der Waals surface area contributed by atoms with Crippen molar-refractivity contribution in [2.24, 2.45) is 0 Å². The highest BCUT2D eigenvalue weighted by Gasteiger charge is 2.17. The normalized spacial score (nSPS) is 11.4. The molecule has 0 amide bonds. The van der Waals surface area contributed by atoms with Gasteiger partial charge in [0.05, 0.1) is 19.1 Å². The summed E-state index contributed by atoms with van der Waals surface area (Å²) in [5, 5.41) is 0. The fourth-order valence-corrected chi connectivity index (χ4v) is 3.66. The number of hydrogen-bond donors (Lipinski definition) is 1. The maximum atomic E-state index is 12.6. The van der Waals surface area contributed by atoms with Crippen molar-refractivity contribution in [1.29, 1.82) is 0 Å². The Morgan fingerprint density at radius 2 is 1.54 bits per heavy atom.